The summed E-state index contributed by atoms with van der Waals surface area (Å²) >= 11 is 0. The van der Waals surface area contributed by atoms with E-state index in [1.165, 1.54) is 0 Å². The molecule has 122 valence electrons. The van der Waals surface area contributed by atoms with Gasteiger partial charge in [0.25, 0.3) is 5.91 Å². The van der Waals surface area contributed by atoms with Crippen LogP contribution in [0, 0.1) is 13.8 Å². The van der Waals surface area contributed by atoms with Crippen LogP contribution in [0.2, 0.25) is 0 Å². The molecule has 0 aliphatic rings. The maximum atomic E-state index is 11.9. The summed E-state index contributed by atoms with van der Waals surface area (Å²) in [6.07, 6.45) is 0.795. The van der Waals surface area contributed by atoms with Gasteiger partial charge in [0.2, 0.25) is 5.88 Å². The molecule has 2 rings (SSSR count). The summed E-state index contributed by atoms with van der Waals surface area (Å²) in [5.74, 6) is 1.95. The van der Waals surface area contributed by atoms with Crippen LogP contribution in [0.1, 0.15) is 28.2 Å². The molecule has 0 atom stereocenters. The number of carbonyl (C=O) groups excluding carboxylic acids is 1. The van der Waals surface area contributed by atoms with Gasteiger partial charge in [-0.05, 0) is 32.4 Å². The Morgan fingerprint density at radius 2 is 1.87 bits per heavy atom. The third-order valence-corrected chi connectivity index (χ3v) is 3.37. The van der Waals surface area contributed by atoms with Gasteiger partial charge < -0.3 is 15.4 Å². The SMILES string of the molecule is COc1nc(C)nc(NCCCNC(=O)c2ccccc2)c1C. The summed E-state index contributed by atoms with van der Waals surface area (Å²) in [5.41, 5.74) is 1.55. The third-order valence-electron chi connectivity index (χ3n) is 3.37. The molecule has 0 aliphatic heterocycles. The molecule has 0 spiro atoms. The molecule has 1 heterocycles. The molecule has 0 bridgehead atoms. The number of aromatic nitrogens is 2. The van der Waals surface area contributed by atoms with Crippen molar-refractivity contribution in [3.8, 4) is 5.88 Å². The Balaban J connectivity index is 1.78. The largest absolute Gasteiger partial charge is 0.481 e. The zero-order valence-electron chi connectivity index (χ0n) is 13.7. The molecule has 0 aliphatic carbocycles. The van der Waals surface area contributed by atoms with E-state index in [1.807, 2.05) is 32.0 Å². The Morgan fingerprint density at radius 1 is 1.13 bits per heavy atom. The van der Waals surface area contributed by atoms with Crippen LogP contribution in [0.3, 0.4) is 0 Å². The molecular formula is C17H22N4O2. The normalized spacial score (nSPS) is 10.2. The molecule has 1 aromatic heterocycles. The van der Waals surface area contributed by atoms with Gasteiger partial charge in [0, 0.05) is 18.7 Å². The number of carbonyl (C=O) groups is 1. The van der Waals surface area contributed by atoms with Crippen LogP contribution in [0.25, 0.3) is 0 Å². The summed E-state index contributed by atoms with van der Waals surface area (Å²) in [4.78, 5) is 20.5. The Hall–Kier alpha value is -2.63. The van der Waals surface area contributed by atoms with Crippen LogP contribution in [0.15, 0.2) is 30.3 Å². The number of aryl methyl sites for hydroxylation is 1. The number of hydrogen-bond donors (Lipinski definition) is 2. The van der Waals surface area contributed by atoms with Gasteiger partial charge in [0.15, 0.2) is 0 Å². The number of nitrogens with one attached hydrogen (secondary N) is 2. The summed E-state index contributed by atoms with van der Waals surface area (Å²) in [6.45, 7) is 5.04. The maximum Gasteiger partial charge on any atom is 0.251 e. The smallest absolute Gasteiger partial charge is 0.251 e. The summed E-state index contributed by atoms with van der Waals surface area (Å²) in [5, 5.41) is 6.16. The highest BCUT2D eigenvalue weighted by Crippen LogP contribution is 2.21. The minimum Gasteiger partial charge on any atom is -0.481 e. The molecule has 0 saturated carbocycles. The van der Waals surface area contributed by atoms with E-state index in [9.17, 15) is 4.79 Å². The predicted octanol–water partition coefficient (Wildman–Crippen LogP) is 2.33. The molecule has 6 heteroatoms. The fourth-order valence-electron chi connectivity index (χ4n) is 2.16. The van der Waals surface area contributed by atoms with Crippen LogP contribution in [0.4, 0.5) is 5.82 Å². The lowest BCUT2D eigenvalue weighted by Crippen LogP contribution is -2.25. The lowest BCUT2D eigenvalue weighted by atomic mass is 10.2. The Morgan fingerprint density at radius 3 is 2.57 bits per heavy atom. The molecule has 1 amide bonds. The third kappa shape index (κ3) is 4.67. The van der Waals surface area contributed by atoms with Crippen LogP contribution in [-0.4, -0.2) is 36.1 Å². The number of anilines is 1. The molecular weight excluding hydrogens is 292 g/mol. The van der Waals surface area contributed by atoms with E-state index in [2.05, 4.69) is 20.6 Å². The van der Waals surface area contributed by atoms with Crippen LogP contribution < -0.4 is 15.4 Å². The summed E-state index contributed by atoms with van der Waals surface area (Å²) in [7, 11) is 1.59. The van der Waals surface area contributed by atoms with Gasteiger partial charge in [-0.1, -0.05) is 18.2 Å². The number of hydrogen-bond acceptors (Lipinski definition) is 5. The molecule has 2 N–H and O–H groups in total. The van der Waals surface area contributed by atoms with Crippen molar-refractivity contribution in [3.63, 3.8) is 0 Å². The number of nitrogens with zero attached hydrogens (tertiary/aromatic N) is 2. The number of benzene rings is 1. The molecule has 0 unspecified atom stereocenters. The fourth-order valence-corrected chi connectivity index (χ4v) is 2.16. The van der Waals surface area contributed by atoms with Gasteiger partial charge in [-0.25, -0.2) is 4.98 Å². The number of amides is 1. The van der Waals surface area contributed by atoms with Crippen molar-refractivity contribution < 1.29 is 9.53 Å². The topological polar surface area (TPSA) is 76.1 Å². The van der Waals surface area contributed by atoms with Crippen molar-refractivity contribution >= 4 is 11.7 Å². The second-order valence-corrected chi connectivity index (χ2v) is 5.16. The van der Waals surface area contributed by atoms with E-state index in [0.29, 0.717) is 30.4 Å². The van der Waals surface area contributed by atoms with Gasteiger partial charge in [-0.3, -0.25) is 4.79 Å². The van der Waals surface area contributed by atoms with Gasteiger partial charge >= 0.3 is 0 Å². The van der Waals surface area contributed by atoms with Gasteiger partial charge in [0.1, 0.15) is 11.6 Å². The number of ether oxygens (including phenoxy) is 1. The zero-order chi connectivity index (χ0) is 16.7. The van der Waals surface area contributed by atoms with E-state index in [4.69, 9.17) is 4.74 Å². The fraction of sp³-hybridized carbons (Fsp3) is 0.353. The van der Waals surface area contributed by atoms with Gasteiger partial charge in [-0.15, -0.1) is 0 Å². The first-order valence-electron chi connectivity index (χ1n) is 7.58. The monoisotopic (exact) mass is 314 g/mol. The minimum atomic E-state index is -0.0543. The number of rotatable bonds is 7. The lowest BCUT2D eigenvalue weighted by Gasteiger charge is -2.12. The first kappa shape index (κ1) is 16.7. The molecule has 0 fully saturated rings. The highest BCUT2D eigenvalue weighted by atomic mass is 16.5. The second kappa shape index (κ2) is 8.12. The molecule has 0 radical (unpaired) electrons. The highest BCUT2D eigenvalue weighted by Gasteiger charge is 2.09. The quantitative estimate of drug-likeness (QED) is 0.767. The average Bonchev–Trinajstić information content (AvgIpc) is 2.57. The van der Waals surface area contributed by atoms with E-state index in [-0.39, 0.29) is 5.91 Å². The minimum absolute atomic E-state index is 0.0543. The van der Waals surface area contributed by atoms with Crippen molar-refractivity contribution in [2.75, 3.05) is 25.5 Å². The Kier molecular flexibility index (Phi) is 5.91. The van der Waals surface area contributed by atoms with Crippen molar-refractivity contribution in [3.05, 3.63) is 47.3 Å². The number of methoxy groups -OCH3 is 1. The first-order chi connectivity index (χ1) is 11.1. The van der Waals surface area contributed by atoms with Crippen molar-refractivity contribution in [2.24, 2.45) is 0 Å². The lowest BCUT2D eigenvalue weighted by molar-refractivity contribution is 0.0953. The predicted molar refractivity (Wildman–Crippen MR) is 89.9 cm³/mol. The van der Waals surface area contributed by atoms with Crippen molar-refractivity contribution in [2.45, 2.75) is 20.3 Å². The molecule has 23 heavy (non-hydrogen) atoms. The Bertz CT molecular complexity index is 659. The Labute approximate surface area is 136 Å². The maximum absolute atomic E-state index is 11.9. The molecule has 1 aromatic carbocycles. The van der Waals surface area contributed by atoms with Crippen molar-refractivity contribution in [1.29, 1.82) is 0 Å². The van der Waals surface area contributed by atoms with Crippen molar-refractivity contribution in [1.82, 2.24) is 15.3 Å². The zero-order valence-corrected chi connectivity index (χ0v) is 13.7. The van der Waals surface area contributed by atoms with Crippen LogP contribution in [0.5, 0.6) is 5.88 Å². The standard InChI is InChI=1S/C17H22N4O2/c1-12-15(20-13(2)21-17(12)23-3)18-10-7-11-19-16(22)14-8-5-4-6-9-14/h4-6,8-9H,7,10-11H2,1-3H3,(H,19,22)(H,18,20,21). The molecule has 6 nitrogen and oxygen atoms in total. The highest BCUT2D eigenvalue weighted by molar-refractivity contribution is 5.94. The van der Waals surface area contributed by atoms with Crippen LogP contribution in [-0.2, 0) is 0 Å². The summed E-state index contributed by atoms with van der Waals surface area (Å²) < 4.78 is 5.23. The van der Waals surface area contributed by atoms with E-state index >= 15 is 0 Å². The molecule has 0 saturated heterocycles. The first-order valence-corrected chi connectivity index (χ1v) is 7.58. The molecule has 2 aromatic rings. The summed E-state index contributed by atoms with van der Waals surface area (Å²) in [6, 6.07) is 9.19. The van der Waals surface area contributed by atoms with E-state index < -0.39 is 0 Å². The van der Waals surface area contributed by atoms with Gasteiger partial charge in [-0.2, -0.15) is 4.98 Å². The van der Waals surface area contributed by atoms with E-state index in [1.54, 1.807) is 19.2 Å². The average molecular weight is 314 g/mol. The second-order valence-electron chi connectivity index (χ2n) is 5.16. The van der Waals surface area contributed by atoms with Gasteiger partial charge in [0.05, 0.1) is 12.7 Å². The van der Waals surface area contributed by atoms with E-state index in [0.717, 1.165) is 17.8 Å². The van der Waals surface area contributed by atoms with Crippen LogP contribution >= 0.6 is 0 Å².